The molecule has 2 rings (SSSR count). The predicted octanol–water partition coefficient (Wildman–Crippen LogP) is 4.89. The number of aliphatic hydroxyl groups is 1. The molecule has 0 fully saturated rings. The van der Waals surface area contributed by atoms with Gasteiger partial charge in [-0.15, -0.1) is 0 Å². The van der Waals surface area contributed by atoms with Crippen LogP contribution in [0.25, 0.3) is 0 Å². The topological polar surface area (TPSA) is 20.2 Å². The van der Waals surface area contributed by atoms with Crippen LogP contribution in [0.2, 0.25) is 10.0 Å². The fraction of sp³-hybridized carbons (Fsp3) is 0.250. The van der Waals surface area contributed by atoms with E-state index >= 15 is 0 Å². The number of aliphatic hydroxyl groups excluding tert-OH is 1. The number of rotatable bonds is 3. The molecule has 0 heterocycles. The average Bonchev–Trinajstić information content (AvgIpc) is 2.37. The minimum atomic E-state index is -0.647. The van der Waals surface area contributed by atoms with Gasteiger partial charge in [-0.3, -0.25) is 0 Å². The minimum Gasteiger partial charge on any atom is -0.388 e. The first kappa shape index (κ1) is 14.4. The van der Waals surface area contributed by atoms with Gasteiger partial charge in [-0.05, 0) is 36.6 Å². The highest BCUT2D eigenvalue weighted by Crippen LogP contribution is 2.32. The molecule has 2 aromatic carbocycles. The van der Waals surface area contributed by atoms with Crippen LogP contribution < -0.4 is 0 Å². The van der Waals surface area contributed by atoms with Crippen LogP contribution >= 0.6 is 23.2 Å². The molecule has 1 unspecified atom stereocenters. The maximum absolute atomic E-state index is 10.4. The molecule has 3 heteroatoms. The van der Waals surface area contributed by atoms with E-state index in [1.165, 1.54) is 11.1 Å². The Labute approximate surface area is 123 Å². The minimum absolute atomic E-state index is 0.433. The highest BCUT2D eigenvalue weighted by molar-refractivity contribution is 6.42. The Hall–Kier alpha value is -1.02. The summed E-state index contributed by atoms with van der Waals surface area (Å²) in [5.41, 5.74) is 4.19. The number of halogens is 2. The van der Waals surface area contributed by atoms with E-state index < -0.39 is 6.10 Å². The highest BCUT2D eigenvalue weighted by Gasteiger charge is 2.16. The molecule has 2 aromatic rings. The van der Waals surface area contributed by atoms with Gasteiger partial charge >= 0.3 is 0 Å². The van der Waals surface area contributed by atoms with Crippen molar-refractivity contribution < 1.29 is 5.11 Å². The zero-order valence-electron chi connectivity index (χ0n) is 11.0. The fourth-order valence-corrected chi connectivity index (χ4v) is 2.69. The van der Waals surface area contributed by atoms with E-state index in [0.717, 1.165) is 5.56 Å². The van der Waals surface area contributed by atoms with Crippen molar-refractivity contribution in [1.29, 1.82) is 0 Å². The van der Waals surface area contributed by atoms with E-state index in [9.17, 15) is 5.11 Å². The second-order valence-electron chi connectivity index (χ2n) is 4.73. The van der Waals surface area contributed by atoms with Crippen LogP contribution in [0.4, 0.5) is 0 Å². The Morgan fingerprint density at radius 2 is 1.58 bits per heavy atom. The molecule has 1 nitrogen and oxygen atoms in total. The molecule has 0 aliphatic rings. The first-order chi connectivity index (χ1) is 9.00. The zero-order valence-corrected chi connectivity index (χ0v) is 12.5. The Kier molecular flexibility index (Phi) is 4.51. The predicted molar refractivity (Wildman–Crippen MR) is 81.0 cm³/mol. The van der Waals surface area contributed by atoms with Crippen LogP contribution in [0.15, 0.2) is 36.4 Å². The van der Waals surface area contributed by atoms with Gasteiger partial charge in [0.2, 0.25) is 0 Å². The van der Waals surface area contributed by atoms with Gasteiger partial charge in [0.05, 0.1) is 16.1 Å². The van der Waals surface area contributed by atoms with Crippen LogP contribution in [0.1, 0.15) is 28.4 Å². The Balaban J connectivity index is 2.31. The molecule has 1 atom stereocenters. The lowest BCUT2D eigenvalue weighted by Crippen LogP contribution is -2.05. The molecule has 0 amide bonds. The van der Waals surface area contributed by atoms with Crippen molar-refractivity contribution in [2.75, 3.05) is 0 Å². The summed E-state index contributed by atoms with van der Waals surface area (Å²) in [6.45, 7) is 4.10. The lowest BCUT2D eigenvalue weighted by atomic mass is 9.94. The van der Waals surface area contributed by atoms with Gasteiger partial charge in [0.25, 0.3) is 0 Å². The standard InChI is InChI=1S/C16H16Cl2O/c1-10-5-3-6-11(2)13(10)9-15(19)12-7-4-8-14(17)16(12)18/h3-8,15,19H,9H2,1-2H3. The lowest BCUT2D eigenvalue weighted by molar-refractivity contribution is 0.178. The third-order valence-electron chi connectivity index (χ3n) is 3.38. The summed E-state index contributed by atoms with van der Waals surface area (Å²) in [6, 6.07) is 11.5. The Morgan fingerprint density at radius 1 is 1.00 bits per heavy atom. The molecule has 0 saturated heterocycles. The summed E-state index contributed by atoms with van der Waals surface area (Å²) in [6.07, 6.45) is -0.107. The van der Waals surface area contributed by atoms with Gasteiger partial charge in [0.15, 0.2) is 0 Å². The maximum atomic E-state index is 10.4. The zero-order chi connectivity index (χ0) is 14.0. The van der Waals surface area contributed by atoms with Gasteiger partial charge in [-0.2, -0.15) is 0 Å². The summed E-state index contributed by atoms with van der Waals surface area (Å²) in [5, 5.41) is 11.3. The van der Waals surface area contributed by atoms with Crippen molar-refractivity contribution in [2.45, 2.75) is 26.4 Å². The molecular formula is C16H16Cl2O. The van der Waals surface area contributed by atoms with Crippen LogP contribution in [0.3, 0.4) is 0 Å². The fourth-order valence-electron chi connectivity index (χ4n) is 2.25. The van der Waals surface area contributed by atoms with Crippen LogP contribution in [0.5, 0.6) is 0 Å². The van der Waals surface area contributed by atoms with Crippen LogP contribution in [0, 0.1) is 13.8 Å². The summed E-state index contributed by atoms with van der Waals surface area (Å²) in [4.78, 5) is 0. The molecule has 0 bridgehead atoms. The van der Waals surface area contributed by atoms with Gasteiger partial charge in [-0.25, -0.2) is 0 Å². The normalized spacial score (nSPS) is 12.5. The van der Waals surface area contributed by atoms with Crippen molar-refractivity contribution in [1.82, 2.24) is 0 Å². The van der Waals surface area contributed by atoms with Gasteiger partial charge in [-0.1, -0.05) is 53.5 Å². The SMILES string of the molecule is Cc1cccc(C)c1CC(O)c1cccc(Cl)c1Cl. The van der Waals surface area contributed by atoms with Crippen molar-refractivity contribution in [3.63, 3.8) is 0 Å². The summed E-state index contributed by atoms with van der Waals surface area (Å²) < 4.78 is 0. The van der Waals surface area contributed by atoms with Crippen molar-refractivity contribution >= 4 is 23.2 Å². The van der Waals surface area contributed by atoms with Crippen molar-refractivity contribution in [3.05, 3.63) is 68.7 Å². The molecule has 19 heavy (non-hydrogen) atoms. The molecule has 0 radical (unpaired) electrons. The van der Waals surface area contributed by atoms with E-state index in [1.54, 1.807) is 12.1 Å². The molecule has 0 aliphatic carbocycles. The van der Waals surface area contributed by atoms with Crippen molar-refractivity contribution in [3.8, 4) is 0 Å². The summed E-state index contributed by atoms with van der Waals surface area (Å²) in [7, 11) is 0. The molecule has 100 valence electrons. The maximum Gasteiger partial charge on any atom is 0.0845 e. The third kappa shape index (κ3) is 3.11. The van der Waals surface area contributed by atoms with E-state index in [0.29, 0.717) is 22.0 Å². The first-order valence-electron chi connectivity index (χ1n) is 6.17. The largest absolute Gasteiger partial charge is 0.388 e. The average molecular weight is 295 g/mol. The summed E-state index contributed by atoms with van der Waals surface area (Å²) in [5.74, 6) is 0. The van der Waals surface area contributed by atoms with Gasteiger partial charge in [0.1, 0.15) is 0 Å². The quantitative estimate of drug-likeness (QED) is 0.855. The molecule has 0 aliphatic heterocycles. The number of benzene rings is 2. The van der Waals surface area contributed by atoms with Gasteiger partial charge < -0.3 is 5.11 Å². The number of hydrogen-bond donors (Lipinski definition) is 1. The van der Waals surface area contributed by atoms with E-state index in [2.05, 4.69) is 26.0 Å². The van der Waals surface area contributed by atoms with Gasteiger partial charge in [0, 0.05) is 12.0 Å². The smallest absolute Gasteiger partial charge is 0.0845 e. The molecule has 0 saturated carbocycles. The van der Waals surface area contributed by atoms with E-state index in [-0.39, 0.29) is 0 Å². The van der Waals surface area contributed by atoms with Crippen molar-refractivity contribution in [2.24, 2.45) is 0 Å². The second-order valence-corrected chi connectivity index (χ2v) is 5.52. The molecular weight excluding hydrogens is 279 g/mol. The molecule has 0 aromatic heterocycles. The summed E-state index contributed by atoms with van der Waals surface area (Å²) >= 11 is 12.1. The Bertz CT molecular complexity index is 573. The van der Waals surface area contributed by atoms with Crippen LogP contribution in [-0.2, 0) is 6.42 Å². The van der Waals surface area contributed by atoms with E-state index in [4.69, 9.17) is 23.2 Å². The molecule has 0 spiro atoms. The first-order valence-corrected chi connectivity index (χ1v) is 6.93. The molecule has 1 N–H and O–H groups in total. The highest BCUT2D eigenvalue weighted by atomic mass is 35.5. The third-order valence-corrected chi connectivity index (χ3v) is 4.22. The monoisotopic (exact) mass is 294 g/mol. The number of hydrogen-bond acceptors (Lipinski definition) is 1. The Morgan fingerprint density at radius 3 is 2.21 bits per heavy atom. The van der Waals surface area contributed by atoms with E-state index in [1.807, 2.05) is 12.1 Å². The second kappa shape index (κ2) is 5.96. The lowest BCUT2D eigenvalue weighted by Gasteiger charge is -2.16. The number of aryl methyl sites for hydroxylation is 2. The van der Waals surface area contributed by atoms with Crippen LogP contribution in [-0.4, -0.2) is 5.11 Å².